The van der Waals surface area contributed by atoms with Crippen molar-refractivity contribution in [3.63, 3.8) is 0 Å². The second kappa shape index (κ2) is 7.14. The maximum absolute atomic E-state index is 12.9. The fourth-order valence-electron chi connectivity index (χ4n) is 1.97. The van der Waals surface area contributed by atoms with Crippen LogP contribution in [-0.2, 0) is 6.54 Å². The fraction of sp³-hybridized carbons (Fsp3) is 0.0588. The smallest absolute Gasteiger partial charge is 0.257 e. The number of pyridine rings is 1. The molecule has 7 heteroatoms. The number of halogens is 2. The lowest BCUT2D eigenvalue weighted by Crippen LogP contribution is -2.23. The van der Waals surface area contributed by atoms with E-state index in [0.717, 1.165) is 0 Å². The van der Waals surface area contributed by atoms with Crippen molar-refractivity contribution in [1.29, 1.82) is 0 Å². The Morgan fingerprint density at radius 3 is 2.71 bits per heavy atom. The van der Waals surface area contributed by atoms with Gasteiger partial charge in [0.2, 0.25) is 5.88 Å². The second-order valence-electron chi connectivity index (χ2n) is 4.80. The van der Waals surface area contributed by atoms with E-state index in [4.69, 9.17) is 20.8 Å². The minimum Gasteiger partial charge on any atom is -0.448 e. The minimum absolute atomic E-state index is 0.124. The first kappa shape index (κ1) is 16.0. The predicted octanol–water partition coefficient (Wildman–Crippen LogP) is 4.19. The molecule has 0 fully saturated rings. The average molecular weight is 347 g/mol. The van der Waals surface area contributed by atoms with Crippen LogP contribution in [0, 0.1) is 5.82 Å². The molecule has 1 amide bonds. The van der Waals surface area contributed by atoms with Crippen LogP contribution in [-0.4, -0.2) is 10.9 Å². The lowest BCUT2D eigenvalue weighted by atomic mass is 10.2. The van der Waals surface area contributed by atoms with Gasteiger partial charge in [-0.1, -0.05) is 0 Å². The highest BCUT2D eigenvalue weighted by Crippen LogP contribution is 2.23. The first-order chi connectivity index (χ1) is 11.6. The Labute approximate surface area is 142 Å². The highest BCUT2D eigenvalue weighted by molar-refractivity contribution is 6.28. The molecule has 3 rings (SSSR count). The zero-order chi connectivity index (χ0) is 16.9. The van der Waals surface area contributed by atoms with Crippen molar-refractivity contribution in [3.05, 3.63) is 77.1 Å². The van der Waals surface area contributed by atoms with Crippen LogP contribution in [0.1, 0.15) is 16.1 Å². The van der Waals surface area contributed by atoms with Gasteiger partial charge in [0.15, 0.2) is 5.22 Å². The highest BCUT2D eigenvalue weighted by Gasteiger charge is 2.14. The minimum atomic E-state index is -0.382. The van der Waals surface area contributed by atoms with Gasteiger partial charge in [0, 0.05) is 6.20 Å². The van der Waals surface area contributed by atoms with Gasteiger partial charge < -0.3 is 14.5 Å². The SMILES string of the molecule is O=C(NCc1ccc(Cl)o1)c1cccnc1Oc1ccc(F)cc1. The molecular weight excluding hydrogens is 335 g/mol. The highest BCUT2D eigenvalue weighted by atomic mass is 35.5. The van der Waals surface area contributed by atoms with E-state index in [0.29, 0.717) is 11.5 Å². The summed E-state index contributed by atoms with van der Waals surface area (Å²) >= 11 is 5.68. The number of aromatic nitrogens is 1. The summed E-state index contributed by atoms with van der Waals surface area (Å²) < 4.78 is 23.7. The van der Waals surface area contributed by atoms with E-state index in [-0.39, 0.29) is 34.9 Å². The first-order valence-electron chi connectivity index (χ1n) is 7.02. The Balaban J connectivity index is 1.73. The zero-order valence-corrected chi connectivity index (χ0v) is 13.1. The molecule has 3 aromatic rings. The van der Waals surface area contributed by atoms with Gasteiger partial charge in [-0.15, -0.1) is 0 Å². The third kappa shape index (κ3) is 3.91. The van der Waals surface area contributed by atoms with Crippen LogP contribution in [0.4, 0.5) is 4.39 Å². The summed E-state index contributed by atoms with van der Waals surface area (Å²) in [6.45, 7) is 0.177. The van der Waals surface area contributed by atoms with E-state index in [2.05, 4.69) is 10.3 Å². The molecule has 0 atom stereocenters. The van der Waals surface area contributed by atoms with Gasteiger partial charge in [0.1, 0.15) is 22.9 Å². The van der Waals surface area contributed by atoms with Gasteiger partial charge in [-0.2, -0.15) is 0 Å². The van der Waals surface area contributed by atoms with E-state index in [1.54, 1.807) is 24.3 Å². The molecule has 2 heterocycles. The molecule has 5 nitrogen and oxygen atoms in total. The number of carbonyl (C=O) groups excluding carboxylic acids is 1. The van der Waals surface area contributed by atoms with Crippen molar-refractivity contribution in [1.82, 2.24) is 10.3 Å². The summed E-state index contributed by atoms with van der Waals surface area (Å²) in [7, 11) is 0. The Morgan fingerprint density at radius 1 is 1.21 bits per heavy atom. The number of hydrogen-bond acceptors (Lipinski definition) is 4. The summed E-state index contributed by atoms with van der Waals surface area (Å²) in [5, 5.41) is 2.94. The lowest BCUT2D eigenvalue weighted by molar-refractivity contribution is 0.0945. The molecular formula is C17H12ClFN2O3. The van der Waals surface area contributed by atoms with Crippen LogP contribution in [0.5, 0.6) is 11.6 Å². The standard InChI is InChI=1S/C17H12ClFN2O3/c18-15-8-7-13(23-15)10-21-16(22)14-2-1-9-20-17(14)24-12-5-3-11(19)4-6-12/h1-9H,10H2,(H,21,22). The number of hydrogen-bond donors (Lipinski definition) is 1. The van der Waals surface area contributed by atoms with Crippen LogP contribution in [0.15, 0.2) is 59.1 Å². The number of nitrogens with one attached hydrogen (secondary N) is 1. The molecule has 0 unspecified atom stereocenters. The number of nitrogens with zero attached hydrogens (tertiary/aromatic N) is 1. The molecule has 0 radical (unpaired) electrons. The van der Waals surface area contributed by atoms with Crippen molar-refractivity contribution in [2.75, 3.05) is 0 Å². The molecule has 24 heavy (non-hydrogen) atoms. The molecule has 0 aliphatic heterocycles. The van der Waals surface area contributed by atoms with Gasteiger partial charge in [0.25, 0.3) is 5.91 Å². The van der Waals surface area contributed by atoms with E-state index in [1.807, 2.05) is 0 Å². The largest absolute Gasteiger partial charge is 0.448 e. The molecule has 0 aliphatic carbocycles. The van der Waals surface area contributed by atoms with E-state index >= 15 is 0 Å². The third-order valence-electron chi connectivity index (χ3n) is 3.10. The number of furan rings is 1. The molecule has 0 bridgehead atoms. The van der Waals surface area contributed by atoms with Crippen LogP contribution < -0.4 is 10.1 Å². The molecule has 0 saturated carbocycles. The maximum atomic E-state index is 12.9. The summed E-state index contributed by atoms with van der Waals surface area (Å²) in [6.07, 6.45) is 1.50. The molecule has 0 saturated heterocycles. The third-order valence-corrected chi connectivity index (χ3v) is 3.30. The van der Waals surface area contributed by atoms with Crippen LogP contribution in [0.3, 0.4) is 0 Å². The Kier molecular flexibility index (Phi) is 4.77. The van der Waals surface area contributed by atoms with Gasteiger partial charge in [-0.3, -0.25) is 4.79 Å². The van der Waals surface area contributed by atoms with E-state index in [9.17, 15) is 9.18 Å². The van der Waals surface area contributed by atoms with Crippen molar-refractivity contribution in [3.8, 4) is 11.6 Å². The average Bonchev–Trinajstić information content (AvgIpc) is 3.01. The van der Waals surface area contributed by atoms with Gasteiger partial charge in [0.05, 0.1) is 6.54 Å². The Hall–Kier alpha value is -2.86. The topological polar surface area (TPSA) is 64.4 Å². The Bertz CT molecular complexity index is 849. The predicted molar refractivity (Wildman–Crippen MR) is 85.6 cm³/mol. The number of carbonyl (C=O) groups is 1. The molecule has 1 aromatic carbocycles. The maximum Gasteiger partial charge on any atom is 0.257 e. The zero-order valence-electron chi connectivity index (χ0n) is 12.3. The number of rotatable bonds is 5. The van der Waals surface area contributed by atoms with Crippen molar-refractivity contribution >= 4 is 17.5 Å². The second-order valence-corrected chi connectivity index (χ2v) is 5.17. The summed E-state index contributed by atoms with van der Waals surface area (Å²) in [4.78, 5) is 16.4. The van der Waals surface area contributed by atoms with Crippen molar-refractivity contribution in [2.45, 2.75) is 6.54 Å². The summed E-state index contributed by atoms with van der Waals surface area (Å²) in [5.74, 6) is 0.269. The van der Waals surface area contributed by atoms with Gasteiger partial charge in [-0.25, -0.2) is 9.37 Å². The normalized spacial score (nSPS) is 10.4. The van der Waals surface area contributed by atoms with Gasteiger partial charge >= 0.3 is 0 Å². The summed E-state index contributed by atoms with van der Waals surface area (Å²) in [5.41, 5.74) is 0.250. The molecule has 0 aliphatic rings. The van der Waals surface area contributed by atoms with Crippen molar-refractivity contribution < 1.29 is 18.3 Å². The van der Waals surface area contributed by atoms with Crippen LogP contribution >= 0.6 is 11.6 Å². The van der Waals surface area contributed by atoms with Gasteiger partial charge in [-0.05, 0) is 60.1 Å². The quantitative estimate of drug-likeness (QED) is 0.752. The Morgan fingerprint density at radius 2 is 2.00 bits per heavy atom. The number of benzene rings is 1. The number of amides is 1. The molecule has 122 valence electrons. The number of ether oxygens (including phenoxy) is 1. The molecule has 1 N–H and O–H groups in total. The van der Waals surface area contributed by atoms with Crippen LogP contribution in [0.2, 0.25) is 5.22 Å². The summed E-state index contributed by atoms with van der Waals surface area (Å²) in [6, 6.07) is 11.9. The first-order valence-corrected chi connectivity index (χ1v) is 7.40. The molecule has 2 aromatic heterocycles. The fourth-order valence-corrected chi connectivity index (χ4v) is 2.13. The van der Waals surface area contributed by atoms with Crippen LogP contribution in [0.25, 0.3) is 0 Å². The van der Waals surface area contributed by atoms with Crippen molar-refractivity contribution in [2.24, 2.45) is 0 Å². The van der Waals surface area contributed by atoms with E-state index < -0.39 is 0 Å². The monoisotopic (exact) mass is 346 g/mol. The lowest BCUT2D eigenvalue weighted by Gasteiger charge is -2.09. The molecule has 0 spiro atoms. The van der Waals surface area contributed by atoms with E-state index in [1.165, 1.54) is 30.5 Å².